The van der Waals surface area contributed by atoms with Crippen molar-refractivity contribution in [3.8, 4) is 0 Å². The van der Waals surface area contributed by atoms with Gasteiger partial charge in [0.05, 0.1) is 10.6 Å². The fourth-order valence-electron chi connectivity index (χ4n) is 1.97. The van der Waals surface area contributed by atoms with E-state index in [9.17, 15) is 14.4 Å². The van der Waals surface area contributed by atoms with Crippen LogP contribution in [0.25, 0.3) is 0 Å². The van der Waals surface area contributed by atoms with E-state index in [0.717, 1.165) is 5.56 Å². The Morgan fingerprint density at radius 2 is 1.56 bits per heavy atom. The normalized spacial score (nSPS) is 10.2. The number of nitrogens with one attached hydrogen (secondary N) is 2. The molecule has 0 aliphatic carbocycles. The van der Waals surface area contributed by atoms with Gasteiger partial charge in [-0.1, -0.05) is 46.9 Å². The lowest BCUT2D eigenvalue weighted by molar-refractivity contribution is -0.147. The Morgan fingerprint density at radius 1 is 0.889 bits per heavy atom. The van der Waals surface area contributed by atoms with Crippen molar-refractivity contribution in [1.82, 2.24) is 10.6 Å². The van der Waals surface area contributed by atoms with Gasteiger partial charge in [0, 0.05) is 16.6 Å². The lowest BCUT2D eigenvalue weighted by atomic mass is 10.2. The lowest BCUT2D eigenvalue weighted by Crippen LogP contribution is -2.33. The molecule has 0 fully saturated rings. The zero-order valence-electron chi connectivity index (χ0n) is 13.9. The number of halogens is 3. The first kappa shape index (κ1) is 21.0. The Hall–Kier alpha value is -2.28. The largest absolute Gasteiger partial charge is 0.454 e. The van der Waals surface area contributed by atoms with Crippen molar-refractivity contribution in [2.24, 2.45) is 0 Å². The summed E-state index contributed by atoms with van der Waals surface area (Å²) in [6.07, 6.45) is 0. The van der Waals surface area contributed by atoms with Crippen LogP contribution in [0, 0.1) is 0 Å². The number of esters is 1. The van der Waals surface area contributed by atoms with E-state index in [1.807, 2.05) is 0 Å². The maximum absolute atomic E-state index is 12.0. The molecule has 27 heavy (non-hydrogen) atoms. The second-order valence-electron chi connectivity index (χ2n) is 5.37. The molecule has 2 aromatic carbocycles. The predicted octanol–water partition coefficient (Wildman–Crippen LogP) is 3.24. The molecular formula is C18H15Cl3N2O4. The minimum absolute atomic E-state index is 0.162. The third-order valence-corrected chi connectivity index (χ3v) is 4.14. The van der Waals surface area contributed by atoms with Gasteiger partial charge < -0.3 is 15.4 Å². The first-order valence-corrected chi connectivity index (χ1v) is 8.88. The third kappa shape index (κ3) is 7.09. The summed E-state index contributed by atoms with van der Waals surface area (Å²) < 4.78 is 4.81. The van der Waals surface area contributed by atoms with Crippen LogP contribution in [0.1, 0.15) is 15.9 Å². The van der Waals surface area contributed by atoms with Crippen molar-refractivity contribution in [2.45, 2.75) is 6.54 Å². The molecule has 0 spiro atoms. The quantitative estimate of drug-likeness (QED) is 0.662. The van der Waals surface area contributed by atoms with E-state index in [2.05, 4.69) is 10.6 Å². The molecule has 9 heteroatoms. The average Bonchev–Trinajstić information content (AvgIpc) is 2.64. The summed E-state index contributed by atoms with van der Waals surface area (Å²) in [5.41, 5.74) is 1.03. The number of rotatable bonds is 7. The van der Waals surface area contributed by atoms with Crippen LogP contribution in [0.15, 0.2) is 42.5 Å². The molecule has 0 bridgehead atoms. The molecule has 142 valence electrons. The number of carbonyl (C=O) groups excluding carboxylic acids is 3. The molecule has 0 saturated carbocycles. The van der Waals surface area contributed by atoms with Gasteiger partial charge in [-0.05, 0) is 35.9 Å². The van der Waals surface area contributed by atoms with Crippen molar-refractivity contribution >= 4 is 52.6 Å². The first-order chi connectivity index (χ1) is 12.8. The highest BCUT2D eigenvalue weighted by Gasteiger charge is 2.13. The van der Waals surface area contributed by atoms with E-state index in [0.29, 0.717) is 10.0 Å². The molecule has 0 unspecified atom stereocenters. The molecule has 0 atom stereocenters. The van der Waals surface area contributed by atoms with Gasteiger partial charge in [-0.15, -0.1) is 0 Å². The van der Waals surface area contributed by atoms with Gasteiger partial charge in [0.1, 0.15) is 6.54 Å². The van der Waals surface area contributed by atoms with Crippen LogP contribution in [0.5, 0.6) is 0 Å². The number of hydrogen-bond donors (Lipinski definition) is 2. The van der Waals surface area contributed by atoms with Crippen LogP contribution >= 0.6 is 34.8 Å². The van der Waals surface area contributed by atoms with Gasteiger partial charge in [-0.3, -0.25) is 14.4 Å². The summed E-state index contributed by atoms with van der Waals surface area (Å²) in [4.78, 5) is 35.3. The molecule has 0 aromatic heterocycles. The van der Waals surface area contributed by atoms with Gasteiger partial charge in [-0.25, -0.2) is 0 Å². The van der Waals surface area contributed by atoms with Crippen molar-refractivity contribution in [3.05, 3.63) is 68.7 Å². The maximum Gasteiger partial charge on any atom is 0.325 e. The second kappa shape index (κ2) is 10.2. The third-order valence-electron chi connectivity index (χ3n) is 3.34. The minimum atomic E-state index is -0.755. The van der Waals surface area contributed by atoms with Gasteiger partial charge in [-0.2, -0.15) is 0 Å². The molecule has 2 rings (SSSR count). The summed E-state index contributed by atoms with van der Waals surface area (Å²) in [6.45, 7) is -0.578. The van der Waals surface area contributed by atoms with Crippen molar-refractivity contribution in [2.75, 3.05) is 13.2 Å². The highest BCUT2D eigenvalue weighted by atomic mass is 35.5. The average molecular weight is 430 g/mol. The highest BCUT2D eigenvalue weighted by Crippen LogP contribution is 2.20. The maximum atomic E-state index is 12.0. The van der Waals surface area contributed by atoms with Gasteiger partial charge >= 0.3 is 5.97 Å². The highest BCUT2D eigenvalue weighted by molar-refractivity contribution is 6.36. The van der Waals surface area contributed by atoms with Gasteiger partial charge in [0.2, 0.25) is 0 Å². The van der Waals surface area contributed by atoms with E-state index < -0.39 is 30.9 Å². The molecule has 0 saturated heterocycles. The zero-order valence-corrected chi connectivity index (χ0v) is 16.2. The molecule has 2 amide bonds. The second-order valence-corrected chi connectivity index (χ2v) is 6.65. The summed E-state index contributed by atoms with van der Waals surface area (Å²) in [6, 6.07) is 11.3. The fraction of sp³-hybridized carbons (Fsp3) is 0.167. The Balaban J connectivity index is 1.70. The molecule has 6 nitrogen and oxygen atoms in total. The van der Waals surface area contributed by atoms with Crippen LogP contribution in [-0.4, -0.2) is 30.9 Å². The van der Waals surface area contributed by atoms with Crippen molar-refractivity contribution in [1.29, 1.82) is 0 Å². The first-order valence-electron chi connectivity index (χ1n) is 7.75. The molecule has 2 N–H and O–H groups in total. The number of benzene rings is 2. The summed E-state index contributed by atoms with van der Waals surface area (Å²) in [7, 11) is 0. The van der Waals surface area contributed by atoms with Crippen LogP contribution in [-0.2, 0) is 20.9 Å². The van der Waals surface area contributed by atoms with E-state index in [4.69, 9.17) is 39.5 Å². The van der Waals surface area contributed by atoms with E-state index in [-0.39, 0.29) is 17.1 Å². The zero-order chi connectivity index (χ0) is 19.8. The monoisotopic (exact) mass is 428 g/mol. The molecular weight excluding hydrogens is 415 g/mol. The fourth-order valence-corrected chi connectivity index (χ4v) is 2.59. The number of carbonyl (C=O) groups is 3. The van der Waals surface area contributed by atoms with Crippen molar-refractivity contribution < 1.29 is 19.1 Å². The van der Waals surface area contributed by atoms with E-state index in [1.54, 1.807) is 24.3 Å². The van der Waals surface area contributed by atoms with Crippen LogP contribution in [0.4, 0.5) is 0 Å². The SMILES string of the molecule is O=C(COC(=O)CNC(=O)c1ccc(Cl)cc1Cl)NCc1ccc(Cl)cc1. The molecule has 0 aliphatic rings. The molecule has 0 heterocycles. The summed E-state index contributed by atoms with van der Waals surface area (Å²) in [5.74, 6) is -1.78. The van der Waals surface area contributed by atoms with Crippen LogP contribution in [0.3, 0.4) is 0 Å². The standard InChI is InChI=1S/C18H15Cl3N2O4/c19-12-3-1-11(2-4-12)8-22-16(24)10-27-17(25)9-23-18(26)14-6-5-13(20)7-15(14)21/h1-7H,8-10H2,(H,22,24)(H,23,26). The van der Waals surface area contributed by atoms with Gasteiger partial charge in [0.25, 0.3) is 11.8 Å². The van der Waals surface area contributed by atoms with Gasteiger partial charge in [0.15, 0.2) is 6.61 Å². The molecule has 0 radical (unpaired) electrons. The Bertz CT molecular complexity index is 841. The number of amides is 2. The van der Waals surface area contributed by atoms with E-state index >= 15 is 0 Å². The molecule has 0 aliphatic heterocycles. The van der Waals surface area contributed by atoms with Crippen LogP contribution < -0.4 is 10.6 Å². The lowest BCUT2D eigenvalue weighted by Gasteiger charge is -2.08. The van der Waals surface area contributed by atoms with E-state index in [1.165, 1.54) is 18.2 Å². The smallest absolute Gasteiger partial charge is 0.325 e. The summed E-state index contributed by atoms with van der Waals surface area (Å²) in [5, 5.41) is 6.11. The molecule has 2 aromatic rings. The Kier molecular flexibility index (Phi) is 7.91. The Labute approximate surface area is 170 Å². The van der Waals surface area contributed by atoms with Crippen LogP contribution in [0.2, 0.25) is 15.1 Å². The number of ether oxygens (including phenoxy) is 1. The predicted molar refractivity (Wildman–Crippen MR) is 103 cm³/mol. The topological polar surface area (TPSA) is 84.5 Å². The Morgan fingerprint density at radius 3 is 2.22 bits per heavy atom. The number of hydrogen-bond acceptors (Lipinski definition) is 4. The van der Waals surface area contributed by atoms with Crippen molar-refractivity contribution in [3.63, 3.8) is 0 Å². The minimum Gasteiger partial charge on any atom is -0.454 e. The summed E-state index contributed by atoms with van der Waals surface area (Å²) >= 11 is 17.4.